The van der Waals surface area contributed by atoms with Crippen molar-refractivity contribution in [2.24, 2.45) is 0 Å². The smallest absolute Gasteiger partial charge is 0.242 e. The van der Waals surface area contributed by atoms with Crippen molar-refractivity contribution in [1.82, 2.24) is 4.72 Å². The molecule has 0 saturated heterocycles. The first-order valence-corrected chi connectivity index (χ1v) is 12.1. The molecule has 3 aromatic carbocycles. The van der Waals surface area contributed by atoms with Gasteiger partial charge in [-0.2, -0.15) is 4.72 Å². The van der Waals surface area contributed by atoms with Gasteiger partial charge < -0.3 is 5.32 Å². The lowest BCUT2D eigenvalue weighted by atomic mass is 10.1. The second-order valence-corrected chi connectivity index (χ2v) is 10.2. The Morgan fingerprint density at radius 1 is 0.933 bits per heavy atom. The molecule has 0 unspecified atom stereocenters. The summed E-state index contributed by atoms with van der Waals surface area (Å²) >= 11 is 14.0. The molecule has 0 saturated carbocycles. The summed E-state index contributed by atoms with van der Waals surface area (Å²) in [5, 5.41) is 3.35. The van der Waals surface area contributed by atoms with Crippen LogP contribution in [0.25, 0.3) is 0 Å². The van der Waals surface area contributed by atoms with Crippen molar-refractivity contribution in [1.29, 1.82) is 0 Å². The Balaban J connectivity index is 1.86. The normalized spacial score (nSPS) is 12.4. The van der Waals surface area contributed by atoms with Crippen LogP contribution in [0.2, 0.25) is 10.0 Å². The number of nitrogens with one attached hydrogen (secondary N) is 2. The first kappa shape index (κ1) is 23.0. The van der Waals surface area contributed by atoms with E-state index >= 15 is 0 Å². The molecular weight excluding hydrogens is 558 g/mol. The number of sulfonamides is 1. The van der Waals surface area contributed by atoms with Crippen molar-refractivity contribution in [2.75, 3.05) is 5.32 Å². The fraction of sp³-hybridized carbons (Fsp3) is 0.0952. The zero-order chi connectivity index (χ0) is 21.7. The Kier molecular flexibility index (Phi) is 7.75. The summed E-state index contributed by atoms with van der Waals surface area (Å²) in [6, 6.07) is 19.2. The predicted molar refractivity (Wildman–Crippen MR) is 129 cm³/mol. The number of hydrogen-bond donors (Lipinski definition) is 2. The van der Waals surface area contributed by atoms with Crippen molar-refractivity contribution < 1.29 is 13.2 Å². The molecule has 30 heavy (non-hydrogen) atoms. The fourth-order valence-electron chi connectivity index (χ4n) is 2.71. The van der Waals surface area contributed by atoms with Gasteiger partial charge in [0.15, 0.2) is 0 Å². The summed E-state index contributed by atoms with van der Waals surface area (Å²) < 4.78 is 29.2. The molecule has 2 N–H and O–H groups in total. The van der Waals surface area contributed by atoms with Crippen LogP contribution in [0.5, 0.6) is 0 Å². The van der Waals surface area contributed by atoms with Crippen LogP contribution in [0.3, 0.4) is 0 Å². The third kappa shape index (κ3) is 6.18. The van der Waals surface area contributed by atoms with E-state index in [2.05, 4.69) is 32.6 Å². The highest BCUT2D eigenvalue weighted by molar-refractivity contribution is 14.1. The van der Waals surface area contributed by atoms with E-state index in [4.69, 9.17) is 23.2 Å². The Hall–Kier alpha value is -1.65. The van der Waals surface area contributed by atoms with E-state index in [1.807, 2.05) is 30.3 Å². The molecule has 0 aliphatic heterocycles. The van der Waals surface area contributed by atoms with Gasteiger partial charge >= 0.3 is 0 Å². The first-order valence-electron chi connectivity index (χ1n) is 8.82. The van der Waals surface area contributed by atoms with E-state index in [-0.39, 0.29) is 16.3 Å². The van der Waals surface area contributed by atoms with Crippen LogP contribution < -0.4 is 10.0 Å². The van der Waals surface area contributed by atoms with Crippen LogP contribution in [0, 0.1) is 3.57 Å². The Morgan fingerprint density at radius 2 is 1.60 bits per heavy atom. The molecule has 0 fully saturated rings. The third-order valence-corrected chi connectivity index (χ3v) is 7.15. The van der Waals surface area contributed by atoms with E-state index in [0.29, 0.717) is 10.7 Å². The number of carbonyl (C=O) groups excluding carboxylic acids is 1. The molecule has 0 aliphatic rings. The van der Waals surface area contributed by atoms with Gasteiger partial charge in [-0.3, -0.25) is 4.79 Å². The average molecular weight is 575 g/mol. The number of amides is 1. The molecule has 5 nitrogen and oxygen atoms in total. The molecule has 1 amide bonds. The summed E-state index contributed by atoms with van der Waals surface area (Å²) in [6.07, 6.45) is 0.178. The third-order valence-electron chi connectivity index (χ3n) is 4.21. The second-order valence-electron chi connectivity index (χ2n) is 6.44. The predicted octanol–water partition coefficient (Wildman–Crippen LogP) is 5.13. The van der Waals surface area contributed by atoms with E-state index in [0.717, 1.165) is 9.13 Å². The van der Waals surface area contributed by atoms with Gasteiger partial charge in [-0.25, -0.2) is 8.42 Å². The van der Waals surface area contributed by atoms with Gasteiger partial charge in [0.25, 0.3) is 0 Å². The largest absolute Gasteiger partial charge is 0.325 e. The van der Waals surface area contributed by atoms with Gasteiger partial charge in [0.1, 0.15) is 6.04 Å². The molecule has 0 heterocycles. The van der Waals surface area contributed by atoms with Crippen LogP contribution in [0.1, 0.15) is 5.56 Å². The van der Waals surface area contributed by atoms with Gasteiger partial charge in [-0.15, -0.1) is 0 Å². The SMILES string of the molecule is O=C(Nc1ccc(Cl)c(Cl)c1)[C@H](Cc1ccccc1)NS(=O)(=O)c1ccc(I)cc1. The van der Waals surface area contributed by atoms with Crippen LogP contribution in [0.15, 0.2) is 77.7 Å². The highest BCUT2D eigenvalue weighted by Crippen LogP contribution is 2.25. The highest BCUT2D eigenvalue weighted by Gasteiger charge is 2.26. The first-order chi connectivity index (χ1) is 14.2. The molecule has 9 heteroatoms. The summed E-state index contributed by atoms with van der Waals surface area (Å²) in [6.45, 7) is 0. The van der Waals surface area contributed by atoms with Crippen molar-refractivity contribution >= 4 is 67.4 Å². The molecular formula is C21H17Cl2IN2O3S. The molecule has 3 rings (SSSR count). The van der Waals surface area contributed by atoms with E-state index in [1.165, 1.54) is 18.2 Å². The highest BCUT2D eigenvalue weighted by atomic mass is 127. The van der Waals surface area contributed by atoms with E-state index in [1.54, 1.807) is 24.3 Å². The zero-order valence-corrected chi connectivity index (χ0v) is 20.0. The molecule has 0 aliphatic carbocycles. The standard InChI is InChI=1S/C21H17Cl2IN2O3S/c22-18-11-8-16(13-19(18)23)25-21(27)20(12-14-4-2-1-3-5-14)26-30(28,29)17-9-6-15(24)7-10-17/h1-11,13,20,26H,12H2,(H,25,27)/t20-/m0/s1. The van der Waals surface area contributed by atoms with Gasteiger partial charge in [0, 0.05) is 9.26 Å². The van der Waals surface area contributed by atoms with Gasteiger partial charge in [-0.1, -0.05) is 53.5 Å². The lowest BCUT2D eigenvalue weighted by molar-refractivity contribution is -0.117. The van der Waals surface area contributed by atoms with E-state index < -0.39 is 22.0 Å². The number of hydrogen-bond acceptors (Lipinski definition) is 3. The quantitative estimate of drug-likeness (QED) is 0.384. The maximum atomic E-state index is 13.0. The van der Waals surface area contributed by atoms with Gasteiger partial charge in [0.05, 0.1) is 14.9 Å². The Bertz CT molecular complexity index is 1140. The van der Waals surface area contributed by atoms with Crippen molar-refractivity contribution in [2.45, 2.75) is 17.4 Å². The van der Waals surface area contributed by atoms with Gasteiger partial charge in [-0.05, 0) is 77.0 Å². The molecule has 0 bridgehead atoms. The van der Waals surface area contributed by atoms with Crippen molar-refractivity contribution in [3.8, 4) is 0 Å². The molecule has 0 aromatic heterocycles. The number of rotatable bonds is 7. The number of carbonyl (C=O) groups is 1. The lowest BCUT2D eigenvalue weighted by Crippen LogP contribution is -2.45. The Morgan fingerprint density at radius 3 is 2.23 bits per heavy atom. The molecule has 0 radical (unpaired) electrons. The molecule has 156 valence electrons. The maximum absolute atomic E-state index is 13.0. The minimum Gasteiger partial charge on any atom is -0.325 e. The monoisotopic (exact) mass is 574 g/mol. The second kappa shape index (κ2) is 10.1. The topological polar surface area (TPSA) is 75.3 Å². The average Bonchev–Trinajstić information content (AvgIpc) is 2.71. The number of benzene rings is 3. The van der Waals surface area contributed by atoms with Gasteiger partial charge in [0.2, 0.25) is 15.9 Å². The fourth-order valence-corrected chi connectivity index (χ4v) is 4.56. The molecule has 3 aromatic rings. The molecule has 0 spiro atoms. The summed E-state index contributed by atoms with van der Waals surface area (Å²) in [4.78, 5) is 13.0. The summed E-state index contributed by atoms with van der Waals surface area (Å²) in [5.74, 6) is -0.508. The minimum absolute atomic E-state index is 0.0864. The number of halogens is 3. The summed E-state index contributed by atoms with van der Waals surface area (Å²) in [7, 11) is -3.91. The van der Waals surface area contributed by atoms with Crippen LogP contribution in [-0.2, 0) is 21.2 Å². The lowest BCUT2D eigenvalue weighted by Gasteiger charge is -2.19. The van der Waals surface area contributed by atoms with Crippen molar-refractivity contribution in [3.05, 3.63) is 92.0 Å². The summed E-state index contributed by atoms with van der Waals surface area (Å²) in [5.41, 5.74) is 1.23. The Labute approximate surface area is 199 Å². The van der Waals surface area contributed by atoms with Crippen LogP contribution >= 0.6 is 45.8 Å². The van der Waals surface area contributed by atoms with E-state index in [9.17, 15) is 13.2 Å². The van der Waals surface area contributed by atoms with Crippen LogP contribution in [0.4, 0.5) is 5.69 Å². The van der Waals surface area contributed by atoms with Crippen LogP contribution in [-0.4, -0.2) is 20.4 Å². The minimum atomic E-state index is -3.91. The number of anilines is 1. The molecule has 1 atom stereocenters. The maximum Gasteiger partial charge on any atom is 0.242 e. The zero-order valence-electron chi connectivity index (χ0n) is 15.5. The van der Waals surface area contributed by atoms with Crippen molar-refractivity contribution in [3.63, 3.8) is 0 Å².